The van der Waals surface area contributed by atoms with Crippen LogP contribution in [-0.2, 0) is 17.8 Å². The smallest absolute Gasteiger partial charge is 0.321 e. The Bertz CT molecular complexity index is 1120. The predicted molar refractivity (Wildman–Crippen MR) is 138 cm³/mol. The third kappa shape index (κ3) is 6.94. The number of amides is 3. The summed E-state index contributed by atoms with van der Waals surface area (Å²) in [6.45, 7) is 6.24. The molecular weight excluding hydrogens is 438 g/mol. The summed E-state index contributed by atoms with van der Waals surface area (Å²) in [4.78, 5) is 31.5. The van der Waals surface area contributed by atoms with E-state index in [9.17, 15) is 9.59 Å². The lowest BCUT2D eigenvalue weighted by atomic mass is 10.0. The van der Waals surface area contributed by atoms with Crippen molar-refractivity contribution in [3.8, 4) is 0 Å². The summed E-state index contributed by atoms with van der Waals surface area (Å²) in [6.07, 6.45) is 6.58. The number of carbonyl (C=O) groups is 2. The lowest BCUT2D eigenvalue weighted by Gasteiger charge is -2.32. The van der Waals surface area contributed by atoms with Gasteiger partial charge in [0.25, 0.3) is 0 Å². The number of hydrogen-bond acceptors (Lipinski definition) is 3. The maximum atomic E-state index is 12.8. The fraction of sp³-hybridized carbons (Fsp3) is 0.393. The second-order valence-electron chi connectivity index (χ2n) is 9.51. The molecule has 4 rings (SSSR count). The summed E-state index contributed by atoms with van der Waals surface area (Å²) in [5, 5.41) is 6.17. The molecular formula is C28H35N5O2. The van der Waals surface area contributed by atoms with E-state index in [0.29, 0.717) is 32.0 Å². The van der Waals surface area contributed by atoms with E-state index in [4.69, 9.17) is 0 Å². The molecule has 1 fully saturated rings. The van der Waals surface area contributed by atoms with Crippen LogP contribution in [0.2, 0.25) is 0 Å². The van der Waals surface area contributed by atoms with E-state index < -0.39 is 0 Å². The molecule has 3 amide bonds. The Kier molecular flexibility index (Phi) is 8.19. The van der Waals surface area contributed by atoms with Gasteiger partial charge in [0.1, 0.15) is 5.82 Å². The highest BCUT2D eigenvalue weighted by molar-refractivity contribution is 5.89. The summed E-state index contributed by atoms with van der Waals surface area (Å²) < 4.78 is 2.14. The molecule has 0 atom stereocenters. The van der Waals surface area contributed by atoms with Gasteiger partial charge in [0.15, 0.2) is 0 Å². The van der Waals surface area contributed by atoms with E-state index in [1.807, 2.05) is 65.8 Å². The second-order valence-corrected chi connectivity index (χ2v) is 9.51. The SMILES string of the molecule is CC(C)c1nccn1Cc1cccc(NC(=O)N2CCC(NC(=O)CCc3ccccc3)CC2)c1. The zero-order chi connectivity index (χ0) is 24.6. The van der Waals surface area contributed by atoms with Gasteiger partial charge in [-0.15, -0.1) is 0 Å². The number of nitrogens with zero attached hydrogens (tertiary/aromatic N) is 3. The highest BCUT2D eigenvalue weighted by atomic mass is 16.2. The van der Waals surface area contributed by atoms with Crippen LogP contribution in [0.15, 0.2) is 67.0 Å². The van der Waals surface area contributed by atoms with Crippen LogP contribution in [0.25, 0.3) is 0 Å². The number of nitrogens with one attached hydrogen (secondary N) is 2. The van der Waals surface area contributed by atoms with Crippen molar-refractivity contribution in [2.75, 3.05) is 18.4 Å². The molecule has 0 radical (unpaired) electrons. The number of imidazole rings is 1. The Morgan fingerprint density at radius 3 is 2.51 bits per heavy atom. The summed E-state index contributed by atoms with van der Waals surface area (Å²) in [7, 11) is 0. The Morgan fingerprint density at radius 2 is 1.77 bits per heavy atom. The minimum absolute atomic E-state index is 0.0760. The Labute approximate surface area is 207 Å². The van der Waals surface area contributed by atoms with Crippen molar-refractivity contribution in [1.29, 1.82) is 0 Å². The highest BCUT2D eigenvalue weighted by Crippen LogP contribution is 2.18. The van der Waals surface area contributed by atoms with E-state index in [1.165, 1.54) is 5.56 Å². The van der Waals surface area contributed by atoms with Crippen molar-refractivity contribution in [2.24, 2.45) is 0 Å². The van der Waals surface area contributed by atoms with Crippen LogP contribution < -0.4 is 10.6 Å². The van der Waals surface area contributed by atoms with Crippen LogP contribution in [0.3, 0.4) is 0 Å². The molecule has 2 N–H and O–H groups in total. The van der Waals surface area contributed by atoms with Gasteiger partial charge in [-0.2, -0.15) is 0 Å². The van der Waals surface area contributed by atoms with Crippen LogP contribution in [0, 0.1) is 0 Å². The zero-order valence-electron chi connectivity index (χ0n) is 20.6. The molecule has 7 nitrogen and oxygen atoms in total. The van der Waals surface area contributed by atoms with Crippen molar-refractivity contribution >= 4 is 17.6 Å². The molecule has 1 aromatic heterocycles. The van der Waals surface area contributed by atoms with Crippen LogP contribution in [0.4, 0.5) is 10.5 Å². The summed E-state index contributed by atoms with van der Waals surface area (Å²) in [5.41, 5.74) is 3.07. The van der Waals surface area contributed by atoms with Crippen molar-refractivity contribution in [1.82, 2.24) is 19.8 Å². The normalized spacial score (nSPS) is 14.2. The molecule has 2 aromatic carbocycles. The average Bonchev–Trinajstić information content (AvgIpc) is 3.32. The van der Waals surface area contributed by atoms with E-state index >= 15 is 0 Å². The molecule has 0 saturated carbocycles. The molecule has 0 spiro atoms. The first kappa shape index (κ1) is 24.5. The molecule has 2 heterocycles. The second kappa shape index (κ2) is 11.7. The maximum Gasteiger partial charge on any atom is 0.321 e. The fourth-order valence-electron chi connectivity index (χ4n) is 4.53. The molecule has 7 heteroatoms. The van der Waals surface area contributed by atoms with E-state index in [-0.39, 0.29) is 18.0 Å². The van der Waals surface area contributed by atoms with Crippen LogP contribution in [-0.4, -0.2) is 45.5 Å². The van der Waals surface area contributed by atoms with Crippen molar-refractivity contribution < 1.29 is 9.59 Å². The molecule has 3 aromatic rings. The number of urea groups is 1. The first-order valence-electron chi connectivity index (χ1n) is 12.5. The summed E-state index contributed by atoms with van der Waals surface area (Å²) >= 11 is 0. The van der Waals surface area contributed by atoms with Gasteiger partial charge in [-0.3, -0.25) is 4.79 Å². The summed E-state index contributed by atoms with van der Waals surface area (Å²) in [5.74, 6) is 1.48. The Balaban J connectivity index is 1.23. The van der Waals surface area contributed by atoms with E-state index in [2.05, 4.69) is 40.1 Å². The number of piperidine rings is 1. The standard InChI is InChI=1S/C28H35N5O2/c1-21(2)27-29-15-18-33(27)20-23-9-6-10-25(19-23)31-28(35)32-16-13-24(14-17-32)30-26(34)12-11-22-7-4-3-5-8-22/h3-10,15,18-19,21,24H,11-14,16-17,20H2,1-2H3,(H,30,34)(H,31,35). The van der Waals surface area contributed by atoms with Gasteiger partial charge in [-0.1, -0.05) is 56.3 Å². The Hall–Kier alpha value is -3.61. The van der Waals surface area contributed by atoms with Gasteiger partial charge in [-0.25, -0.2) is 9.78 Å². The third-order valence-electron chi connectivity index (χ3n) is 6.43. The maximum absolute atomic E-state index is 12.8. The number of hydrogen-bond donors (Lipinski definition) is 2. The Morgan fingerprint density at radius 1 is 1.03 bits per heavy atom. The van der Waals surface area contributed by atoms with Gasteiger partial charge in [-0.05, 0) is 42.5 Å². The number of benzene rings is 2. The highest BCUT2D eigenvalue weighted by Gasteiger charge is 2.24. The van der Waals surface area contributed by atoms with Crippen LogP contribution in [0.1, 0.15) is 56.0 Å². The molecule has 0 unspecified atom stereocenters. The number of aromatic nitrogens is 2. The van der Waals surface area contributed by atoms with Gasteiger partial charge in [0, 0.05) is 56.1 Å². The first-order valence-corrected chi connectivity index (χ1v) is 12.5. The quantitative estimate of drug-likeness (QED) is 0.493. The summed E-state index contributed by atoms with van der Waals surface area (Å²) in [6, 6.07) is 18.0. The van der Waals surface area contributed by atoms with E-state index in [0.717, 1.165) is 36.3 Å². The molecule has 1 aliphatic rings. The molecule has 184 valence electrons. The average molecular weight is 474 g/mol. The number of anilines is 1. The minimum atomic E-state index is -0.0958. The van der Waals surface area contributed by atoms with Gasteiger partial charge in [0.05, 0.1) is 0 Å². The van der Waals surface area contributed by atoms with Gasteiger partial charge < -0.3 is 20.1 Å². The first-order chi connectivity index (χ1) is 17.0. The predicted octanol–water partition coefficient (Wildman–Crippen LogP) is 4.80. The number of likely N-dealkylation sites (tertiary alicyclic amines) is 1. The van der Waals surface area contributed by atoms with Crippen LogP contribution in [0.5, 0.6) is 0 Å². The monoisotopic (exact) mass is 473 g/mol. The molecule has 1 aliphatic heterocycles. The lowest BCUT2D eigenvalue weighted by Crippen LogP contribution is -2.47. The largest absolute Gasteiger partial charge is 0.353 e. The molecule has 0 bridgehead atoms. The minimum Gasteiger partial charge on any atom is -0.353 e. The van der Waals surface area contributed by atoms with Gasteiger partial charge in [0.2, 0.25) is 5.91 Å². The number of rotatable bonds is 8. The number of aryl methyl sites for hydroxylation is 1. The molecule has 0 aliphatic carbocycles. The molecule has 1 saturated heterocycles. The van der Waals surface area contributed by atoms with Crippen LogP contribution >= 0.6 is 0 Å². The fourth-order valence-corrected chi connectivity index (χ4v) is 4.53. The van der Waals surface area contributed by atoms with Crippen molar-refractivity contribution in [3.63, 3.8) is 0 Å². The lowest BCUT2D eigenvalue weighted by molar-refractivity contribution is -0.122. The topological polar surface area (TPSA) is 79.3 Å². The van der Waals surface area contributed by atoms with Gasteiger partial charge >= 0.3 is 6.03 Å². The van der Waals surface area contributed by atoms with Crippen molar-refractivity contribution in [3.05, 3.63) is 83.9 Å². The number of carbonyl (C=O) groups excluding carboxylic acids is 2. The molecule has 35 heavy (non-hydrogen) atoms. The zero-order valence-corrected chi connectivity index (χ0v) is 20.6. The van der Waals surface area contributed by atoms with E-state index in [1.54, 1.807) is 0 Å². The third-order valence-corrected chi connectivity index (χ3v) is 6.43. The van der Waals surface area contributed by atoms with Crippen molar-refractivity contribution in [2.45, 2.75) is 58.0 Å².